The molecule has 0 unspecified atom stereocenters. The third-order valence-corrected chi connectivity index (χ3v) is 3.28. The lowest BCUT2D eigenvalue weighted by Crippen LogP contribution is -2.21. The quantitative estimate of drug-likeness (QED) is 0.766. The average Bonchev–Trinajstić information content (AvgIpc) is 2.56. The topological polar surface area (TPSA) is 76.7 Å². The first kappa shape index (κ1) is 18.5. The normalized spacial score (nSPS) is 10.3. The molecule has 0 bridgehead atoms. The number of amides is 2. The van der Waals surface area contributed by atoms with Crippen molar-refractivity contribution in [2.45, 2.75) is 6.61 Å². The summed E-state index contributed by atoms with van der Waals surface area (Å²) in [5.41, 5.74) is 0.675. The molecule has 2 amide bonds. The van der Waals surface area contributed by atoms with Gasteiger partial charge >= 0.3 is 18.6 Å². The molecule has 0 aromatic heterocycles. The predicted molar refractivity (Wildman–Crippen MR) is 88.5 cm³/mol. The van der Waals surface area contributed by atoms with Gasteiger partial charge in [0.1, 0.15) is 5.75 Å². The van der Waals surface area contributed by atoms with E-state index in [9.17, 15) is 18.4 Å². The first-order valence-electron chi connectivity index (χ1n) is 6.90. The van der Waals surface area contributed by atoms with Crippen LogP contribution >= 0.6 is 11.6 Å². The number of hydrogen-bond acceptors (Lipinski definition) is 4. The van der Waals surface area contributed by atoms with E-state index in [1.54, 1.807) is 12.1 Å². The number of carbonyl (C=O) groups is 2. The Kier molecular flexibility index (Phi) is 6.13. The number of anilines is 2. The molecule has 2 aromatic rings. The van der Waals surface area contributed by atoms with Crippen molar-refractivity contribution in [3.63, 3.8) is 0 Å². The number of halogens is 3. The van der Waals surface area contributed by atoms with Crippen LogP contribution in [0.4, 0.5) is 25.0 Å². The van der Waals surface area contributed by atoms with Crippen LogP contribution in [0, 0.1) is 0 Å². The minimum Gasteiger partial charge on any atom is -0.465 e. The standard InChI is InChI=1S/C16H13ClF2N2O4/c1-24-14(22)10-4-2-3-5-12(10)21-16(23)20-9-6-7-13(11(17)8-9)25-15(18)19/h2-8,15H,1H3,(H2,20,21,23). The number of hydrogen-bond donors (Lipinski definition) is 2. The van der Waals surface area contributed by atoms with Gasteiger partial charge in [-0.15, -0.1) is 0 Å². The van der Waals surface area contributed by atoms with Gasteiger partial charge in [0.05, 0.1) is 23.4 Å². The lowest BCUT2D eigenvalue weighted by atomic mass is 10.2. The molecule has 132 valence electrons. The van der Waals surface area contributed by atoms with E-state index < -0.39 is 18.6 Å². The minimum atomic E-state index is -3.01. The fraction of sp³-hybridized carbons (Fsp3) is 0.125. The van der Waals surface area contributed by atoms with Crippen molar-refractivity contribution < 1.29 is 27.8 Å². The second-order valence-corrected chi connectivity index (χ2v) is 5.05. The number of rotatable bonds is 5. The molecule has 6 nitrogen and oxygen atoms in total. The zero-order valence-corrected chi connectivity index (χ0v) is 13.6. The minimum absolute atomic E-state index is 0.0898. The summed E-state index contributed by atoms with van der Waals surface area (Å²) < 4.78 is 33.2. The van der Waals surface area contributed by atoms with E-state index in [2.05, 4.69) is 20.1 Å². The van der Waals surface area contributed by atoms with Crippen LogP contribution in [-0.4, -0.2) is 25.7 Å². The molecular weight excluding hydrogens is 358 g/mol. The monoisotopic (exact) mass is 370 g/mol. The highest BCUT2D eigenvalue weighted by Crippen LogP contribution is 2.29. The van der Waals surface area contributed by atoms with Crippen LogP contribution < -0.4 is 15.4 Å². The van der Waals surface area contributed by atoms with Crippen molar-refractivity contribution in [1.29, 1.82) is 0 Å². The summed E-state index contributed by atoms with van der Waals surface area (Å²) in [6.45, 7) is -3.01. The van der Waals surface area contributed by atoms with Crippen LogP contribution in [-0.2, 0) is 4.74 Å². The van der Waals surface area contributed by atoms with E-state index in [-0.39, 0.29) is 27.7 Å². The number of esters is 1. The highest BCUT2D eigenvalue weighted by molar-refractivity contribution is 6.32. The van der Waals surface area contributed by atoms with Crippen molar-refractivity contribution in [2.24, 2.45) is 0 Å². The number of methoxy groups -OCH3 is 1. The van der Waals surface area contributed by atoms with Crippen LogP contribution in [0.2, 0.25) is 5.02 Å². The maximum atomic E-state index is 12.2. The van der Waals surface area contributed by atoms with Crippen LogP contribution in [0.25, 0.3) is 0 Å². The summed E-state index contributed by atoms with van der Waals surface area (Å²) >= 11 is 5.81. The van der Waals surface area contributed by atoms with E-state index in [4.69, 9.17) is 11.6 Å². The lowest BCUT2D eigenvalue weighted by Gasteiger charge is -2.12. The van der Waals surface area contributed by atoms with Gasteiger partial charge in [-0.25, -0.2) is 9.59 Å². The molecule has 9 heteroatoms. The largest absolute Gasteiger partial charge is 0.465 e. The molecule has 0 radical (unpaired) electrons. The first-order valence-corrected chi connectivity index (χ1v) is 7.28. The molecule has 0 saturated heterocycles. The molecular formula is C16H13ClF2N2O4. The van der Waals surface area contributed by atoms with Gasteiger partial charge in [-0.1, -0.05) is 23.7 Å². The maximum absolute atomic E-state index is 12.2. The molecule has 0 aliphatic heterocycles. The zero-order chi connectivity index (χ0) is 18.4. The van der Waals surface area contributed by atoms with Crippen molar-refractivity contribution in [1.82, 2.24) is 0 Å². The molecule has 2 rings (SSSR count). The lowest BCUT2D eigenvalue weighted by molar-refractivity contribution is -0.0497. The fourth-order valence-electron chi connectivity index (χ4n) is 1.93. The van der Waals surface area contributed by atoms with Crippen LogP contribution in [0.5, 0.6) is 5.75 Å². The molecule has 0 heterocycles. The molecule has 0 saturated carbocycles. The molecule has 2 N–H and O–H groups in total. The molecule has 2 aromatic carbocycles. The number of urea groups is 1. The molecule has 25 heavy (non-hydrogen) atoms. The molecule has 0 aliphatic rings. The van der Waals surface area contributed by atoms with Gasteiger partial charge in [0.2, 0.25) is 0 Å². The maximum Gasteiger partial charge on any atom is 0.387 e. The highest BCUT2D eigenvalue weighted by Gasteiger charge is 2.14. The van der Waals surface area contributed by atoms with Gasteiger partial charge in [-0.2, -0.15) is 8.78 Å². The van der Waals surface area contributed by atoms with E-state index in [0.717, 1.165) is 0 Å². The number of alkyl halides is 2. The SMILES string of the molecule is COC(=O)c1ccccc1NC(=O)Nc1ccc(OC(F)F)c(Cl)c1. The Bertz CT molecular complexity index is 786. The highest BCUT2D eigenvalue weighted by atomic mass is 35.5. The third-order valence-electron chi connectivity index (χ3n) is 2.99. The van der Waals surface area contributed by atoms with E-state index in [1.165, 1.54) is 37.4 Å². The van der Waals surface area contributed by atoms with E-state index in [0.29, 0.717) is 0 Å². The van der Waals surface area contributed by atoms with Crippen LogP contribution in [0.3, 0.4) is 0 Å². The summed E-state index contributed by atoms with van der Waals surface area (Å²) in [4.78, 5) is 23.7. The van der Waals surface area contributed by atoms with Gasteiger partial charge in [0.15, 0.2) is 0 Å². The molecule has 0 spiro atoms. The number of benzene rings is 2. The van der Waals surface area contributed by atoms with Crippen molar-refractivity contribution in [3.8, 4) is 5.75 Å². The van der Waals surface area contributed by atoms with Gasteiger partial charge in [0, 0.05) is 5.69 Å². The fourth-order valence-corrected chi connectivity index (χ4v) is 2.16. The van der Waals surface area contributed by atoms with Crippen LogP contribution in [0.15, 0.2) is 42.5 Å². The van der Waals surface area contributed by atoms with E-state index >= 15 is 0 Å². The van der Waals surface area contributed by atoms with Crippen molar-refractivity contribution in [3.05, 3.63) is 53.1 Å². The van der Waals surface area contributed by atoms with Crippen molar-refractivity contribution in [2.75, 3.05) is 17.7 Å². The average molecular weight is 371 g/mol. The zero-order valence-electron chi connectivity index (χ0n) is 12.9. The number of nitrogens with one attached hydrogen (secondary N) is 2. The smallest absolute Gasteiger partial charge is 0.387 e. The third kappa shape index (κ3) is 5.05. The Morgan fingerprint density at radius 1 is 1.12 bits per heavy atom. The summed E-state index contributed by atoms with van der Waals surface area (Å²) in [6, 6.07) is 9.42. The Hall–Kier alpha value is -2.87. The summed E-state index contributed by atoms with van der Waals surface area (Å²) in [6.07, 6.45) is 0. The summed E-state index contributed by atoms with van der Waals surface area (Å²) in [5, 5.41) is 4.87. The van der Waals surface area contributed by atoms with Gasteiger partial charge in [0.25, 0.3) is 0 Å². The summed E-state index contributed by atoms with van der Waals surface area (Å²) in [5.74, 6) is -0.814. The molecule has 0 aliphatic carbocycles. The second kappa shape index (κ2) is 8.29. The second-order valence-electron chi connectivity index (χ2n) is 4.64. The van der Waals surface area contributed by atoms with Crippen LogP contribution in [0.1, 0.15) is 10.4 Å². The Morgan fingerprint density at radius 2 is 1.84 bits per heavy atom. The predicted octanol–water partition coefficient (Wildman–Crippen LogP) is 4.37. The Balaban J connectivity index is 2.08. The summed E-state index contributed by atoms with van der Waals surface area (Å²) in [7, 11) is 1.23. The van der Waals surface area contributed by atoms with Gasteiger partial charge < -0.3 is 20.1 Å². The Morgan fingerprint density at radius 3 is 2.48 bits per heavy atom. The Labute approximate surface area is 146 Å². The number of ether oxygens (including phenoxy) is 2. The first-order chi connectivity index (χ1) is 11.9. The molecule has 0 fully saturated rings. The van der Waals surface area contributed by atoms with Crippen molar-refractivity contribution >= 4 is 35.0 Å². The van der Waals surface area contributed by atoms with Gasteiger partial charge in [-0.05, 0) is 30.3 Å². The number of carbonyl (C=O) groups excluding carboxylic acids is 2. The molecule has 0 atom stereocenters. The van der Waals surface area contributed by atoms with E-state index in [1.807, 2.05) is 0 Å². The van der Waals surface area contributed by atoms with Gasteiger partial charge in [-0.3, -0.25) is 0 Å². The number of para-hydroxylation sites is 1.